The molecule has 0 aliphatic rings. The second kappa shape index (κ2) is 7.86. The minimum atomic E-state index is -3.35. The van der Waals surface area contributed by atoms with Gasteiger partial charge in [0, 0.05) is 36.3 Å². The van der Waals surface area contributed by atoms with E-state index in [9.17, 15) is 8.42 Å². The molecular formula is C18H19N3O2S2. The first-order valence-electron chi connectivity index (χ1n) is 7.89. The van der Waals surface area contributed by atoms with Crippen LogP contribution in [-0.4, -0.2) is 24.9 Å². The van der Waals surface area contributed by atoms with Crippen LogP contribution in [0.15, 0.2) is 54.2 Å². The Hall–Kier alpha value is -2.09. The third kappa shape index (κ3) is 5.19. The van der Waals surface area contributed by atoms with Crippen LogP contribution in [0.5, 0.6) is 0 Å². The Labute approximate surface area is 151 Å². The summed E-state index contributed by atoms with van der Waals surface area (Å²) in [6.07, 6.45) is 4.06. The van der Waals surface area contributed by atoms with Gasteiger partial charge in [0.1, 0.15) is 0 Å². The van der Waals surface area contributed by atoms with E-state index in [1.54, 1.807) is 12.4 Å². The quantitative estimate of drug-likeness (QED) is 0.690. The van der Waals surface area contributed by atoms with Crippen LogP contribution in [0.4, 0.5) is 0 Å². The van der Waals surface area contributed by atoms with Gasteiger partial charge in [0.2, 0.25) is 10.0 Å². The van der Waals surface area contributed by atoms with Gasteiger partial charge < -0.3 is 0 Å². The highest BCUT2D eigenvalue weighted by Gasteiger charge is 2.12. The molecule has 130 valence electrons. The van der Waals surface area contributed by atoms with Crippen molar-refractivity contribution in [2.45, 2.75) is 19.1 Å². The summed E-state index contributed by atoms with van der Waals surface area (Å²) in [5, 5.41) is 2.87. The fraction of sp³-hybridized carbons (Fsp3) is 0.222. The lowest BCUT2D eigenvalue weighted by Gasteiger charge is -2.06. The molecule has 3 rings (SSSR count). The molecule has 0 aliphatic carbocycles. The number of sulfonamides is 1. The average Bonchev–Trinajstić information content (AvgIpc) is 3.06. The molecule has 0 aliphatic heterocycles. The zero-order valence-electron chi connectivity index (χ0n) is 13.8. The van der Waals surface area contributed by atoms with Gasteiger partial charge in [-0.3, -0.25) is 4.98 Å². The summed E-state index contributed by atoms with van der Waals surface area (Å²) in [6.45, 7) is 2.32. The number of pyridine rings is 1. The highest BCUT2D eigenvalue weighted by molar-refractivity contribution is 7.88. The van der Waals surface area contributed by atoms with Gasteiger partial charge in [-0.15, -0.1) is 11.3 Å². The molecule has 1 N–H and O–H groups in total. The summed E-state index contributed by atoms with van der Waals surface area (Å²) in [5.41, 5.74) is 3.73. The van der Waals surface area contributed by atoms with Crippen molar-refractivity contribution in [2.75, 3.05) is 6.54 Å². The standard InChI is InChI=1S/C18H19N3O2S2/c1-14-4-6-15(7-5-14)13-25(22,23)20-10-8-18-21-17(12-24-18)16-3-2-9-19-11-16/h2-7,9,11-12,20H,8,10,13H2,1H3. The van der Waals surface area contributed by atoms with Crippen molar-refractivity contribution in [2.24, 2.45) is 0 Å². The zero-order valence-corrected chi connectivity index (χ0v) is 15.5. The van der Waals surface area contributed by atoms with Gasteiger partial charge in [-0.05, 0) is 24.6 Å². The summed E-state index contributed by atoms with van der Waals surface area (Å²) in [5.74, 6) is -0.00785. The predicted octanol–water partition coefficient (Wildman–Crippen LogP) is 3.18. The van der Waals surface area contributed by atoms with Crippen LogP contribution in [0.1, 0.15) is 16.1 Å². The molecule has 5 nitrogen and oxygen atoms in total. The van der Waals surface area contributed by atoms with Gasteiger partial charge >= 0.3 is 0 Å². The number of nitrogens with zero attached hydrogens (tertiary/aromatic N) is 2. The lowest BCUT2D eigenvalue weighted by atomic mass is 10.2. The normalized spacial score (nSPS) is 11.6. The molecule has 0 atom stereocenters. The third-order valence-electron chi connectivity index (χ3n) is 3.65. The first kappa shape index (κ1) is 17.7. The highest BCUT2D eigenvalue weighted by Crippen LogP contribution is 2.21. The van der Waals surface area contributed by atoms with Crippen molar-refractivity contribution < 1.29 is 8.42 Å². The summed E-state index contributed by atoms with van der Waals surface area (Å²) < 4.78 is 27.0. The van der Waals surface area contributed by atoms with E-state index in [4.69, 9.17) is 0 Å². The molecule has 0 amide bonds. The number of nitrogens with one attached hydrogen (secondary N) is 1. The third-order valence-corrected chi connectivity index (χ3v) is 5.91. The molecule has 7 heteroatoms. The van der Waals surface area contributed by atoms with Gasteiger partial charge in [-0.25, -0.2) is 18.1 Å². The Kier molecular flexibility index (Phi) is 5.57. The van der Waals surface area contributed by atoms with Crippen LogP contribution in [0.25, 0.3) is 11.3 Å². The fourth-order valence-electron chi connectivity index (χ4n) is 2.34. The summed E-state index contributed by atoms with van der Waals surface area (Å²) in [6, 6.07) is 11.3. The van der Waals surface area contributed by atoms with Crippen LogP contribution in [-0.2, 0) is 22.2 Å². The lowest BCUT2D eigenvalue weighted by Crippen LogP contribution is -2.27. The SMILES string of the molecule is Cc1ccc(CS(=O)(=O)NCCc2nc(-c3cccnc3)cs2)cc1. The monoisotopic (exact) mass is 373 g/mol. The second-order valence-electron chi connectivity index (χ2n) is 5.76. The topological polar surface area (TPSA) is 72.0 Å². The molecule has 0 radical (unpaired) electrons. The van der Waals surface area contributed by atoms with Crippen LogP contribution in [0.3, 0.4) is 0 Å². The molecule has 2 heterocycles. The first-order valence-corrected chi connectivity index (χ1v) is 10.4. The second-order valence-corrected chi connectivity index (χ2v) is 8.51. The number of thiazole rings is 1. The minimum absolute atomic E-state index is 0.00785. The number of hydrogen-bond acceptors (Lipinski definition) is 5. The Morgan fingerprint density at radius 1 is 1.16 bits per heavy atom. The van der Waals surface area contributed by atoms with Gasteiger partial charge in [-0.1, -0.05) is 29.8 Å². The molecule has 0 saturated carbocycles. The van der Waals surface area contributed by atoms with E-state index < -0.39 is 10.0 Å². The Bertz CT molecular complexity index is 920. The molecule has 1 aromatic carbocycles. The van der Waals surface area contributed by atoms with Crippen molar-refractivity contribution in [3.63, 3.8) is 0 Å². The molecule has 2 aromatic heterocycles. The van der Waals surface area contributed by atoms with Crippen LogP contribution >= 0.6 is 11.3 Å². The molecule has 0 fully saturated rings. The molecular weight excluding hydrogens is 354 g/mol. The fourth-order valence-corrected chi connectivity index (χ4v) is 4.29. The smallest absolute Gasteiger partial charge is 0.215 e. The summed E-state index contributed by atoms with van der Waals surface area (Å²) >= 11 is 1.53. The van der Waals surface area contributed by atoms with Gasteiger partial charge in [-0.2, -0.15) is 0 Å². The molecule has 0 unspecified atom stereocenters. The van der Waals surface area contributed by atoms with E-state index in [0.29, 0.717) is 13.0 Å². The van der Waals surface area contributed by atoms with E-state index in [0.717, 1.165) is 27.4 Å². The van der Waals surface area contributed by atoms with Gasteiger partial charge in [0.25, 0.3) is 0 Å². The maximum atomic E-state index is 12.2. The van der Waals surface area contributed by atoms with Crippen molar-refractivity contribution in [3.8, 4) is 11.3 Å². The Morgan fingerprint density at radius 3 is 2.68 bits per heavy atom. The lowest BCUT2D eigenvalue weighted by molar-refractivity contribution is 0.580. The van der Waals surface area contributed by atoms with Crippen molar-refractivity contribution in [1.82, 2.24) is 14.7 Å². The largest absolute Gasteiger partial charge is 0.264 e. The highest BCUT2D eigenvalue weighted by atomic mass is 32.2. The molecule has 3 aromatic rings. The zero-order chi connectivity index (χ0) is 17.7. The number of aryl methyl sites for hydroxylation is 1. The molecule has 25 heavy (non-hydrogen) atoms. The predicted molar refractivity (Wildman–Crippen MR) is 101 cm³/mol. The Morgan fingerprint density at radius 2 is 1.96 bits per heavy atom. The van der Waals surface area contributed by atoms with Crippen LogP contribution in [0.2, 0.25) is 0 Å². The summed E-state index contributed by atoms with van der Waals surface area (Å²) in [4.78, 5) is 8.62. The number of rotatable bonds is 7. The first-order chi connectivity index (χ1) is 12.0. The maximum absolute atomic E-state index is 12.2. The maximum Gasteiger partial charge on any atom is 0.215 e. The summed E-state index contributed by atoms with van der Waals surface area (Å²) in [7, 11) is -3.35. The van der Waals surface area contributed by atoms with E-state index in [2.05, 4.69) is 14.7 Å². The molecule has 0 bridgehead atoms. The van der Waals surface area contributed by atoms with E-state index in [1.165, 1.54) is 11.3 Å². The number of benzene rings is 1. The molecule has 0 saturated heterocycles. The van der Waals surface area contributed by atoms with E-state index in [1.807, 2.05) is 48.7 Å². The van der Waals surface area contributed by atoms with Crippen molar-refractivity contribution >= 4 is 21.4 Å². The van der Waals surface area contributed by atoms with E-state index >= 15 is 0 Å². The van der Waals surface area contributed by atoms with Crippen LogP contribution < -0.4 is 4.72 Å². The van der Waals surface area contributed by atoms with Gasteiger partial charge in [0.15, 0.2) is 0 Å². The average molecular weight is 374 g/mol. The van der Waals surface area contributed by atoms with Crippen LogP contribution in [0, 0.1) is 6.92 Å². The van der Waals surface area contributed by atoms with E-state index in [-0.39, 0.29) is 5.75 Å². The minimum Gasteiger partial charge on any atom is -0.264 e. The Balaban J connectivity index is 1.54. The number of hydrogen-bond donors (Lipinski definition) is 1. The number of aromatic nitrogens is 2. The van der Waals surface area contributed by atoms with Crippen molar-refractivity contribution in [1.29, 1.82) is 0 Å². The molecule has 0 spiro atoms. The van der Waals surface area contributed by atoms with Crippen molar-refractivity contribution in [3.05, 3.63) is 70.3 Å². The van der Waals surface area contributed by atoms with Gasteiger partial charge in [0.05, 0.1) is 16.5 Å².